The number of hydrogen-bond acceptors (Lipinski definition) is 8. The van der Waals surface area contributed by atoms with Crippen LogP contribution in [-0.2, 0) is 39.1 Å². The molecule has 2 rings (SSSR count). The summed E-state index contributed by atoms with van der Waals surface area (Å²) in [5, 5.41) is 11.0. The molecule has 166 valence electrons. The van der Waals surface area contributed by atoms with Gasteiger partial charge in [0.15, 0.2) is 0 Å². The minimum atomic E-state index is -3.97. The number of nitrogens with zero attached hydrogens (tertiary/aromatic N) is 4. The average Bonchev–Trinajstić information content (AvgIpc) is 2.73. The lowest BCUT2D eigenvalue weighted by Gasteiger charge is -2.21. The van der Waals surface area contributed by atoms with Crippen LogP contribution in [0.15, 0.2) is 46.2 Å². The van der Waals surface area contributed by atoms with Crippen molar-refractivity contribution >= 4 is 27.9 Å². The summed E-state index contributed by atoms with van der Waals surface area (Å²) in [6.45, 7) is -0.312. The number of benzene rings is 1. The molecule has 1 aromatic carbocycles. The van der Waals surface area contributed by atoms with Crippen LogP contribution in [0, 0.1) is 10.7 Å². The Bertz CT molecular complexity index is 1110. The third kappa shape index (κ3) is 6.90. The van der Waals surface area contributed by atoms with E-state index in [0.717, 1.165) is 28.7 Å². The van der Waals surface area contributed by atoms with E-state index in [2.05, 4.69) is 9.71 Å². The van der Waals surface area contributed by atoms with Crippen molar-refractivity contribution in [3.8, 4) is 5.40 Å². The Balaban J connectivity index is 2.42. The van der Waals surface area contributed by atoms with Crippen molar-refractivity contribution in [2.45, 2.75) is 30.5 Å². The van der Waals surface area contributed by atoms with Gasteiger partial charge in [-0.1, -0.05) is 30.3 Å². The molecule has 0 aliphatic carbocycles. The highest BCUT2D eigenvalue weighted by Gasteiger charge is 2.28. The number of nitrogens with one attached hydrogen (secondary N) is 1. The number of nitriles is 1. The number of aromatic nitrogens is 2. The van der Waals surface area contributed by atoms with Gasteiger partial charge < -0.3 is 4.74 Å². The molecule has 12 heteroatoms. The summed E-state index contributed by atoms with van der Waals surface area (Å²) in [6, 6.07) is 9.82. The lowest BCUT2D eigenvalue weighted by Crippen LogP contribution is -2.50. The number of esters is 1. The third-order valence-corrected chi connectivity index (χ3v) is 6.41. The van der Waals surface area contributed by atoms with Gasteiger partial charge in [-0.3, -0.25) is 9.36 Å². The van der Waals surface area contributed by atoms with Crippen LogP contribution in [0.2, 0.25) is 0 Å². The number of hydrogen-bond donors (Lipinski definition) is 1. The van der Waals surface area contributed by atoms with Gasteiger partial charge in [-0.05, 0) is 24.5 Å². The van der Waals surface area contributed by atoms with Gasteiger partial charge in [0.25, 0.3) is 10.2 Å². The van der Waals surface area contributed by atoms with E-state index in [1.54, 1.807) is 6.07 Å². The van der Waals surface area contributed by atoms with Gasteiger partial charge in [-0.25, -0.2) is 4.79 Å². The van der Waals surface area contributed by atoms with Gasteiger partial charge in [-0.15, -0.1) is 0 Å². The highest BCUT2D eigenvalue weighted by molar-refractivity contribution is 8.03. The summed E-state index contributed by atoms with van der Waals surface area (Å²) >= 11 is 0.749. The second-order valence-electron chi connectivity index (χ2n) is 6.64. The fourth-order valence-electron chi connectivity index (χ4n) is 2.72. The van der Waals surface area contributed by atoms with Crippen LogP contribution in [0.1, 0.15) is 11.3 Å². The first kappa shape index (κ1) is 24.5. The van der Waals surface area contributed by atoms with E-state index < -0.39 is 27.9 Å². The van der Waals surface area contributed by atoms with Gasteiger partial charge in [-0.2, -0.15) is 27.7 Å². The largest absolute Gasteiger partial charge is 0.468 e. The maximum Gasteiger partial charge on any atom is 0.348 e. The molecule has 0 amide bonds. The van der Waals surface area contributed by atoms with Crippen molar-refractivity contribution in [3.05, 3.63) is 58.1 Å². The molecular weight excluding hydrogens is 442 g/mol. The average molecular weight is 466 g/mol. The molecule has 0 unspecified atom stereocenters. The predicted molar refractivity (Wildman–Crippen MR) is 115 cm³/mol. The Labute approximate surface area is 185 Å². The molecule has 0 saturated carbocycles. The van der Waals surface area contributed by atoms with Crippen molar-refractivity contribution in [3.63, 3.8) is 0 Å². The van der Waals surface area contributed by atoms with Crippen LogP contribution in [0.4, 0.5) is 0 Å². The van der Waals surface area contributed by atoms with Crippen molar-refractivity contribution in [2.24, 2.45) is 0 Å². The number of rotatable bonds is 10. The van der Waals surface area contributed by atoms with Crippen molar-refractivity contribution in [1.29, 1.82) is 5.26 Å². The topological polar surface area (TPSA) is 134 Å². The number of methoxy groups -OCH3 is 1. The molecule has 31 heavy (non-hydrogen) atoms. The SMILES string of the molecule is COC(=O)[C@H](Cn1c(CCc2ccccc2)cc(SC#N)nc1=O)NS(=O)(=O)N(C)C. The number of thiocyanates is 1. The van der Waals surface area contributed by atoms with Gasteiger partial charge >= 0.3 is 11.7 Å². The standard InChI is InChI=1S/C19H23N5O5S2/c1-23(2)31(27,28)22-16(18(25)29-3)12-24-15(10-9-14-7-5-4-6-8-14)11-17(30-13-20)21-19(24)26/h4-8,11,16,22H,9-10,12H2,1-3H3/t16-/m0/s1. The number of thioether (sulfide) groups is 1. The van der Waals surface area contributed by atoms with E-state index in [-0.39, 0.29) is 11.6 Å². The molecule has 10 nitrogen and oxygen atoms in total. The molecule has 0 spiro atoms. The lowest BCUT2D eigenvalue weighted by molar-refractivity contribution is -0.143. The summed E-state index contributed by atoms with van der Waals surface area (Å²) in [7, 11) is -0.224. The second kappa shape index (κ2) is 11.1. The summed E-state index contributed by atoms with van der Waals surface area (Å²) in [5.41, 5.74) is 0.853. The Morgan fingerprint density at radius 2 is 2.00 bits per heavy atom. The molecule has 1 aromatic heterocycles. The number of ether oxygens (including phenoxy) is 1. The highest BCUT2D eigenvalue weighted by Crippen LogP contribution is 2.15. The molecule has 0 aliphatic rings. The Hall–Kier alpha value is -2.72. The lowest BCUT2D eigenvalue weighted by atomic mass is 10.1. The third-order valence-electron chi connectivity index (χ3n) is 4.36. The molecule has 0 saturated heterocycles. The van der Waals surface area contributed by atoms with Crippen molar-refractivity contribution in [1.82, 2.24) is 18.6 Å². The first-order chi connectivity index (χ1) is 14.7. The number of carbonyl (C=O) groups is 1. The monoisotopic (exact) mass is 465 g/mol. The van der Waals surface area contributed by atoms with E-state index >= 15 is 0 Å². The fraction of sp³-hybridized carbons (Fsp3) is 0.368. The van der Waals surface area contributed by atoms with Crippen LogP contribution >= 0.6 is 11.8 Å². The molecule has 0 aliphatic heterocycles. The second-order valence-corrected chi connectivity index (χ2v) is 9.36. The van der Waals surface area contributed by atoms with Gasteiger partial charge in [0.05, 0.1) is 13.7 Å². The summed E-state index contributed by atoms with van der Waals surface area (Å²) in [5.74, 6) is -0.846. The normalized spacial score (nSPS) is 12.4. The predicted octanol–water partition coefficient (Wildman–Crippen LogP) is 0.539. The van der Waals surface area contributed by atoms with Crippen LogP contribution < -0.4 is 10.4 Å². The Morgan fingerprint density at radius 1 is 1.32 bits per heavy atom. The fourth-order valence-corrected chi connectivity index (χ4v) is 3.87. The Kier molecular flexibility index (Phi) is 8.76. The van der Waals surface area contributed by atoms with Crippen molar-refractivity contribution < 1.29 is 17.9 Å². The molecule has 0 fully saturated rings. The minimum Gasteiger partial charge on any atom is -0.468 e. The van der Waals surface area contributed by atoms with Crippen LogP contribution in [-0.4, -0.2) is 55.5 Å². The minimum absolute atomic E-state index is 0.232. The van der Waals surface area contributed by atoms with E-state index in [0.29, 0.717) is 18.5 Å². The first-order valence-corrected chi connectivity index (χ1v) is 11.4. The van der Waals surface area contributed by atoms with E-state index in [9.17, 15) is 18.0 Å². The van der Waals surface area contributed by atoms with Gasteiger partial charge in [0.2, 0.25) is 0 Å². The van der Waals surface area contributed by atoms with E-state index in [1.807, 2.05) is 35.7 Å². The molecule has 2 aromatic rings. The summed E-state index contributed by atoms with van der Waals surface area (Å²) < 4.78 is 33.6. The van der Waals surface area contributed by atoms with E-state index in [1.165, 1.54) is 18.7 Å². The first-order valence-electron chi connectivity index (χ1n) is 9.16. The van der Waals surface area contributed by atoms with Crippen LogP contribution in [0.3, 0.4) is 0 Å². The maximum atomic E-state index is 12.7. The van der Waals surface area contributed by atoms with Gasteiger partial charge in [0.1, 0.15) is 16.5 Å². The quantitative estimate of drug-likeness (QED) is 0.233. The highest BCUT2D eigenvalue weighted by atomic mass is 32.2. The van der Waals surface area contributed by atoms with E-state index in [4.69, 9.17) is 10.00 Å². The van der Waals surface area contributed by atoms with Crippen LogP contribution in [0.25, 0.3) is 0 Å². The number of carbonyl (C=O) groups excluding carboxylic acids is 1. The zero-order valence-corrected chi connectivity index (χ0v) is 18.9. The number of aryl methyl sites for hydroxylation is 2. The molecule has 1 atom stereocenters. The van der Waals surface area contributed by atoms with Gasteiger partial charge in [0, 0.05) is 31.6 Å². The Morgan fingerprint density at radius 3 is 2.58 bits per heavy atom. The van der Waals surface area contributed by atoms with Crippen LogP contribution in [0.5, 0.6) is 0 Å². The zero-order valence-electron chi connectivity index (χ0n) is 17.3. The summed E-state index contributed by atoms with van der Waals surface area (Å²) in [6.07, 6.45) is 1.00. The maximum absolute atomic E-state index is 12.7. The molecule has 1 heterocycles. The summed E-state index contributed by atoms with van der Waals surface area (Å²) in [4.78, 5) is 28.8. The molecular formula is C19H23N5O5S2. The van der Waals surface area contributed by atoms with Crippen molar-refractivity contribution in [2.75, 3.05) is 21.2 Å². The zero-order chi connectivity index (χ0) is 23.0. The smallest absolute Gasteiger partial charge is 0.348 e. The molecule has 0 radical (unpaired) electrons. The molecule has 0 bridgehead atoms. The molecule has 1 N–H and O–H groups in total.